The molecular weight excluding hydrogens is 352 g/mol. The minimum atomic E-state index is -0.433. The van der Waals surface area contributed by atoms with Gasteiger partial charge in [0.2, 0.25) is 0 Å². The third-order valence-corrected chi connectivity index (χ3v) is 6.27. The topological polar surface area (TPSA) is 60.4 Å². The van der Waals surface area contributed by atoms with Gasteiger partial charge in [0.1, 0.15) is 0 Å². The SMILES string of the molecule is Cc1ccc(C(=O)COC(=O)[C@H]2[C@H]3CC[C@H](C3)[C@@H]2C(=O)c2ccccc2)cc1. The van der Waals surface area contributed by atoms with Gasteiger partial charge in [-0.2, -0.15) is 0 Å². The van der Waals surface area contributed by atoms with Crippen molar-refractivity contribution >= 4 is 17.5 Å². The number of hydrogen-bond acceptors (Lipinski definition) is 4. The number of Topliss-reactive ketones (excluding diaryl/α,β-unsaturated/α-hetero) is 2. The van der Waals surface area contributed by atoms with Crippen LogP contribution >= 0.6 is 0 Å². The van der Waals surface area contributed by atoms with Crippen molar-refractivity contribution in [3.8, 4) is 0 Å². The lowest BCUT2D eigenvalue weighted by Gasteiger charge is -2.28. The van der Waals surface area contributed by atoms with Crippen molar-refractivity contribution < 1.29 is 19.1 Å². The van der Waals surface area contributed by atoms with Crippen LogP contribution in [0.1, 0.15) is 45.5 Å². The molecular formula is C24H24O4. The normalized spacial score (nSPS) is 25.5. The highest BCUT2D eigenvalue weighted by atomic mass is 16.5. The Morgan fingerprint density at radius 1 is 0.857 bits per heavy atom. The van der Waals surface area contributed by atoms with E-state index in [1.165, 1.54) is 0 Å². The molecule has 2 bridgehead atoms. The molecule has 0 amide bonds. The first-order chi connectivity index (χ1) is 13.5. The predicted octanol–water partition coefficient (Wildman–Crippen LogP) is 4.27. The number of rotatable bonds is 6. The number of hydrogen-bond donors (Lipinski definition) is 0. The molecule has 4 nitrogen and oxygen atoms in total. The van der Waals surface area contributed by atoms with Crippen LogP contribution in [0.2, 0.25) is 0 Å². The largest absolute Gasteiger partial charge is 0.457 e. The Hall–Kier alpha value is -2.75. The maximum atomic E-state index is 13.1. The Labute approximate surface area is 164 Å². The van der Waals surface area contributed by atoms with E-state index in [1.54, 1.807) is 24.3 Å². The summed E-state index contributed by atoms with van der Waals surface area (Å²) in [4.78, 5) is 38.2. The van der Waals surface area contributed by atoms with E-state index in [0.717, 1.165) is 24.8 Å². The molecule has 2 fully saturated rings. The van der Waals surface area contributed by atoms with Crippen molar-refractivity contribution in [2.24, 2.45) is 23.7 Å². The molecule has 0 heterocycles. The molecule has 0 N–H and O–H groups in total. The van der Waals surface area contributed by atoms with Crippen molar-refractivity contribution in [3.05, 3.63) is 71.3 Å². The second-order valence-corrected chi connectivity index (χ2v) is 8.01. The average molecular weight is 376 g/mol. The first-order valence-electron chi connectivity index (χ1n) is 9.90. The highest BCUT2D eigenvalue weighted by Crippen LogP contribution is 2.53. The summed E-state index contributed by atoms with van der Waals surface area (Å²) in [6, 6.07) is 16.4. The molecule has 4 rings (SSSR count). The Morgan fingerprint density at radius 3 is 2.18 bits per heavy atom. The molecule has 0 radical (unpaired) electrons. The van der Waals surface area contributed by atoms with E-state index in [9.17, 15) is 14.4 Å². The minimum absolute atomic E-state index is 0.0274. The van der Waals surface area contributed by atoms with E-state index < -0.39 is 11.9 Å². The fraction of sp³-hybridized carbons (Fsp3) is 0.375. The Bertz CT molecular complexity index is 885. The summed E-state index contributed by atoms with van der Waals surface area (Å²) in [6.07, 6.45) is 2.84. The molecule has 2 aromatic rings. The van der Waals surface area contributed by atoms with Gasteiger partial charge in [-0.1, -0.05) is 60.2 Å². The van der Waals surface area contributed by atoms with Crippen LogP contribution < -0.4 is 0 Å². The molecule has 2 aromatic carbocycles. The minimum Gasteiger partial charge on any atom is -0.457 e. The zero-order valence-corrected chi connectivity index (χ0v) is 16.0. The lowest BCUT2D eigenvalue weighted by Crippen LogP contribution is -2.36. The maximum Gasteiger partial charge on any atom is 0.310 e. The molecule has 4 heteroatoms. The van der Waals surface area contributed by atoms with Crippen LogP contribution in [0.15, 0.2) is 54.6 Å². The molecule has 2 aliphatic rings. The quantitative estimate of drug-likeness (QED) is 0.558. The van der Waals surface area contributed by atoms with Gasteiger partial charge < -0.3 is 4.74 Å². The van der Waals surface area contributed by atoms with Gasteiger partial charge in [-0.3, -0.25) is 14.4 Å². The first-order valence-corrected chi connectivity index (χ1v) is 9.90. The summed E-state index contributed by atoms with van der Waals surface area (Å²) >= 11 is 0. The van der Waals surface area contributed by atoms with Crippen molar-refractivity contribution in [3.63, 3.8) is 0 Å². The molecule has 4 atom stereocenters. The standard InChI is InChI=1S/C24H24O4/c1-15-7-9-16(10-8-15)20(25)14-28-24(27)22-19-12-11-18(13-19)21(22)23(26)17-5-3-2-4-6-17/h2-10,18-19,21-22H,11-14H2,1H3/t18-,19+,21+,22+/m1/s1. The second-order valence-electron chi connectivity index (χ2n) is 8.01. The third kappa shape index (κ3) is 3.51. The summed E-state index contributed by atoms with van der Waals surface area (Å²) in [6.45, 7) is 1.68. The van der Waals surface area contributed by atoms with Crippen LogP contribution in [0.4, 0.5) is 0 Å². The predicted molar refractivity (Wildman–Crippen MR) is 105 cm³/mol. The summed E-state index contributed by atoms with van der Waals surface area (Å²) < 4.78 is 5.40. The van der Waals surface area contributed by atoms with Crippen molar-refractivity contribution in [1.82, 2.24) is 0 Å². The first kappa shape index (κ1) is 18.6. The van der Waals surface area contributed by atoms with Gasteiger partial charge in [-0.25, -0.2) is 0 Å². The van der Waals surface area contributed by atoms with E-state index in [0.29, 0.717) is 11.1 Å². The van der Waals surface area contributed by atoms with Gasteiger partial charge in [0.25, 0.3) is 0 Å². The monoisotopic (exact) mass is 376 g/mol. The van der Waals surface area contributed by atoms with E-state index >= 15 is 0 Å². The van der Waals surface area contributed by atoms with Crippen LogP contribution in [0.3, 0.4) is 0 Å². The third-order valence-electron chi connectivity index (χ3n) is 6.27. The van der Waals surface area contributed by atoms with E-state index in [-0.39, 0.29) is 35.9 Å². The molecule has 28 heavy (non-hydrogen) atoms. The molecule has 144 valence electrons. The number of fused-ring (bicyclic) bond motifs is 2. The summed E-state index contributed by atoms with van der Waals surface area (Å²) in [7, 11) is 0. The summed E-state index contributed by atoms with van der Waals surface area (Å²) in [5, 5.41) is 0. The van der Waals surface area contributed by atoms with Gasteiger partial charge in [0, 0.05) is 17.0 Å². The molecule has 0 unspecified atom stereocenters. The van der Waals surface area contributed by atoms with E-state index in [1.807, 2.05) is 37.3 Å². The van der Waals surface area contributed by atoms with Gasteiger partial charge >= 0.3 is 5.97 Å². The van der Waals surface area contributed by atoms with Crippen LogP contribution in [-0.4, -0.2) is 24.1 Å². The van der Waals surface area contributed by atoms with Gasteiger partial charge in [-0.05, 0) is 38.0 Å². The highest BCUT2D eigenvalue weighted by molar-refractivity contribution is 6.01. The Balaban J connectivity index is 1.45. The molecule has 0 saturated heterocycles. The average Bonchev–Trinajstić information content (AvgIpc) is 3.34. The van der Waals surface area contributed by atoms with Gasteiger partial charge in [0.05, 0.1) is 5.92 Å². The van der Waals surface area contributed by atoms with Crippen LogP contribution in [0.5, 0.6) is 0 Å². The fourth-order valence-corrected chi connectivity index (χ4v) is 4.86. The molecule has 0 aliphatic heterocycles. The molecule has 0 aromatic heterocycles. The number of carbonyl (C=O) groups excluding carboxylic acids is 3. The zero-order chi connectivity index (χ0) is 19.7. The smallest absolute Gasteiger partial charge is 0.310 e. The lowest BCUT2D eigenvalue weighted by molar-refractivity contribution is -0.150. The second kappa shape index (κ2) is 7.70. The number of ether oxygens (including phenoxy) is 1. The number of aryl methyl sites for hydroxylation is 1. The highest BCUT2D eigenvalue weighted by Gasteiger charge is 2.54. The Kier molecular flexibility index (Phi) is 5.12. The van der Waals surface area contributed by atoms with Crippen molar-refractivity contribution in [1.29, 1.82) is 0 Å². The zero-order valence-electron chi connectivity index (χ0n) is 16.0. The summed E-state index contributed by atoms with van der Waals surface area (Å²) in [5.74, 6) is -0.933. The molecule has 0 spiro atoms. The van der Waals surface area contributed by atoms with Gasteiger partial charge in [0.15, 0.2) is 18.2 Å². The van der Waals surface area contributed by atoms with Crippen LogP contribution in [-0.2, 0) is 9.53 Å². The van der Waals surface area contributed by atoms with Crippen molar-refractivity contribution in [2.45, 2.75) is 26.2 Å². The number of carbonyl (C=O) groups is 3. The number of esters is 1. The fourth-order valence-electron chi connectivity index (χ4n) is 4.86. The van der Waals surface area contributed by atoms with E-state index in [4.69, 9.17) is 4.74 Å². The van der Waals surface area contributed by atoms with E-state index in [2.05, 4.69) is 0 Å². The number of ketones is 2. The van der Waals surface area contributed by atoms with Gasteiger partial charge in [-0.15, -0.1) is 0 Å². The van der Waals surface area contributed by atoms with Crippen molar-refractivity contribution in [2.75, 3.05) is 6.61 Å². The van der Waals surface area contributed by atoms with Crippen LogP contribution in [0.25, 0.3) is 0 Å². The molecule has 2 aliphatic carbocycles. The molecule has 2 saturated carbocycles. The van der Waals surface area contributed by atoms with Crippen LogP contribution in [0, 0.1) is 30.6 Å². The number of benzene rings is 2. The Morgan fingerprint density at radius 2 is 1.50 bits per heavy atom. The lowest BCUT2D eigenvalue weighted by atomic mass is 9.75. The maximum absolute atomic E-state index is 13.1. The summed E-state index contributed by atoms with van der Waals surface area (Å²) in [5.41, 5.74) is 2.25.